The summed E-state index contributed by atoms with van der Waals surface area (Å²) in [7, 11) is 1.54. The van der Waals surface area contributed by atoms with Crippen LogP contribution >= 0.6 is 0 Å². The summed E-state index contributed by atoms with van der Waals surface area (Å²) in [6, 6.07) is 0.355. The van der Waals surface area contributed by atoms with Gasteiger partial charge in [0.25, 0.3) is 0 Å². The number of rotatable bonds is 5. The van der Waals surface area contributed by atoms with Gasteiger partial charge in [-0.25, -0.2) is 9.59 Å². The van der Waals surface area contributed by atoms with Gasteiger partial charge in [-0.3, -0.25) is 0 Å². The quantitative estimate of drug-likeness (QED) is 0.321. The van der Waals surface area contributed by atoms with E-state index in [1.165, 1.54) is 45.6 Å². The maximum absolute atomic E-state index is 12.9. The van der Waals surface area contributed by atoms with Crippen molar-refractivity contribution in [2.75, 3.05) is 13.6 Å². The van der Waals surface area contributed by atoms with Gasteiger partial charge < -0.3 is 19.7 Å². The molecule has 3 unspecified atom stereocenters. The Morgan fingerprint density at radius 3 is 1.52 bits per heavy atom. The van der Waals surface area contributed by atoms with Gasteiger partial charge in [0.15, 0.2) is 0 Å². The summed E-state index contributed by atoms with van der Waals surface area (Å²) >= 11 is 0. The average molecular weight is 597 g/mol. The van der Waals surface area contributed by atoms with E-state index < -0.39 is 5.60 Å². The van der Waals surface area contributed by atoms with E-state index in [4.69, 9.17) is 9.47 Å². The first-order chi connectivity index (χ1) is 19.4. The van der Waals surface area contributed by atoms with E-state index in [9.17, 15) is 9.59 Å². The summed E-state index contributed by atoms with van der Waals surface area (Å²) in [6.07, 6.45) is 11.8. The molecule has 1 heterocycles. The fourth-order valence-electron chi connectivity index (χ4n) is 5.29. The topological polar surface area (TPSA) is 67.9 Å². The molecule has 3 atom stereocenters. The van der Waals surface area contributed by atoms with Crippen molar-refractivity contribution in [3.63, 3.8) is 0 Å². The first-order valence-electron chi connectivity index (χ1n) is 16.9. The normalized spacial score (nSPS) is 22.0. The molecule has 0 spiro atoms. The number of amides is 2. The molecule has 6 nitrogen and oxygen atoms in total. The Hall–Kier alpha value is -1.72. The number of alkyl carbamates (subject to hydrolysis) is 1. The van der Waals surface area contributed by atoms with Crippen LogP contribution in [0.1, 0.15) is 148 Å². The molecule has 250 valence electrons. The van der Waals surface area contributed by atoms with Crippen LogP contribution in [0, 0.1) is 29.1 Å². The summed E-state index contributed by atoms with van der Waals surface area (Å²) in [5, 5.41) is 2.36. The number of ether oxygens (including phenoxy) is 2. The molecular formula is C36H72N2O4. The molecule has 0 radical (unpaired) electrons. The van der Waals surface area contributed by atoms with Gasteiger partial charge in [-0.1, -0.05) is 100.0 Å². The van der Waals surface area contributed by atoms with E-state index >= 15 is 0 Å². The van der Waals surface area contributed by atoms with E-state index in [1.54, 1.807) is 0 Å². The van der Waals surface area contributed by atoms with Crippen LogP contribution in [0.3, 0.4) is 0 Å². The van der Waals surface area contributed by atoms with E-state index in [1.807, 2.05) is 75.3 Å². The van der Waals surface area contributed by atoms with Crippen molar-refractivity contribution < 1.29 is 19.1 Å². The molecular weight excluding hydrogens is 524 g/mol. The van der Waals surface area contributed by atoms with Crippen LogP contribution in [0.2, 0.25) is 0 Å². The Kier molecular flexibility index (Phi) is 20.5. The van der Waals surface area contributed by atoms with Crippen LogP contribution in [0.4, 0.5) is 9.59 Å². The number of likely N-dealkylation sites (tertiary alicyclic amines) is 1. The van der Waals surface area contributed by atoms with Crippen molar-refractivity contribution in [2.45, 2.75) is 166 Å². The number of hydrogen-bond acceptors (Lipinski definition) is 4. The molecule has 0 bridgehead atoms. The Labute approximate surface area is 262 Å². The molecule has 0 aromatic rings. The number of nitrogens with one attached hydrogen (secondary N) is 1. The second-order valence-corrected chi connectivity index (χ2v) is 14.9. The van der Waals surface area contributed by atoms with Crippen molar-refractivity contribution in [2.24, 2.45) is 29.1 Å². The predicted molar refractivity (Wildman–Crippen MR) is 181 cm³/mol. The highest BCUT2D eigenvalue weighted by Crippen LogP contribution is 2.51. The smallest absolute Gasteiger partial charge is 0.410 e. The number of carbonyl (C=O) groups is 2. The first kappa shape index (κ1) is 42.4. The molecule has 1 aliphatic heterocycles. The zero-order chi connectivity index (χ0) is 33.3. The van der Waals surface area contributed by atoms with Gasteiger partial charge >= 0.3 is 12.2 Å². The lowest BCUT2D eigenvalue weighted by Gasteiger charge is -2.42. The number of carbonyl (C=O) groups excluding carboxylic acids is 2. The molecule has 42 heavy (non-hydrogen) atoms. The van der Waals surface area contributed by atoms with Gasteiger partial charge in [-0.15, -0.1) is 6.58 Å². The lowest BCUT2D eigenvalue weighted by molar-refractivity contribution is 0.0169. The van der Waals surface area contributed by atoms with Crippen LogP contribution < -0.4 is 5.32 Å². The molecule has 0 aromatic carbocycles. The third-order valence-electron chi connectivity index (χ3n) is 7.09. The molecule has 1 N–H and O–H groups in total. The van der Waals surface area contributed by atoms with Crippen LogP contribution in [0.15, 0.2) is 12.7 Å². The highest BCUT2D eigenvalue weighted by Gasteiger charge is 2.51. The molecule has 1 saturated heterocycles. The van der Waals surface area contributed by atoms with Gasteiger partial charge in [0, 0.05) is 19.6 Å². The van der Waals surface area contributed by atoms with Crippen LogP contribution in [-0.2, 0) is 9.47 Å². The van der Waals surface area contributed by atoms with E-state index in [0.717, 1.165) is 31.2 Å². The zero-order valence-corrected chi connectivity index (χ0v) is 30.6. The van der Waals surface area contributed by atoms with Gasteiger partial charge in [-0.05, 0) is 83.5 Å². The second-order valence-electron chi connectivity index (χ2n) is 14.9. The maximum Gasteiger partial charge on any atom is 0.410 e. The van der Waals surface area contributed by atoms with Crippen LogP contribution in [0.5, 0.6) is 0 Å². The number of allylic oxidation sites excluding steroid dienone is 1. The van der Waals surface area contributed by atoms with Crippen molar-refractivity contribution in [3.05, 3.63) is 12.7 Å². The maximum atomic E-state index is 12.9. The third-order valence-corrected chi connectivity index (χ3v) is 7.09. The average Bonchev–Trinajstić information content (AvgIpc) is 3.13. The van der Waals surface area contributed by atoms with E-state index in [2.05, 4.69) is 44.5 Å². The van der Waals surface area contributed by atoms with E-state index in [-0.39, 0.29) is 17.8 Å². The number of nitrogens with zero attached hydrogens (tertiary/aromatic N) is 1. The lowest BCUT2D eigenvalue weighted by atomic mass is 9.62. The molecule has 6 heteroatoms. The van der Waals surface area contributed by atoms with Gasteiger partial charge in [0.2, 0.25) is 0 Å². The summed E-state index contributed by atoms with van der Waals surface area (Å²) in [5.41, 5.74) is -0.305. The lowest BCUT2D eigenvalue weighted by Crippen LogP contribution is -2.43. The predicted octanol–water partition coefficient (Wildman–Crippen LogP) is 10.7. The van der Waals surface area contributed by atoms with Crippen molar-refractivity contribution in [1.82, 2.24) is 10.2 Å². The van der Waals surface area contributed by atoms with Crippen molar-refractivity contribution in [3.8, 4) is 0 Å². The largest absolute Gasteiger partial charge is 0.444 e. The minimum atomic E-state index is -0.416. The van der Waals surface area contributed by atoms with Gasteiger partial charge in [0.05, 0.1) is 0 Å². The second kappa shape index (κ2) is 20.3. The van der Waals surface area contributed by atoms with Crippen LogP contribution in [0.25, 0.3) is 0 Å². The summed E-state index contributed by atoms with van der Waals surface area (Å²) < 4.78 is 10.6. The minimum absolute atomic E-state index is 0.0947. The molecule has 2 aliphatic carbocycles. The fourth-order valence-corrected chi connectivity index (χ4v) is 5.29. The molecule has 3 aliphatic rings. The Morgan fingerprint density at radius 2 is 1.24 bits per heavy atom. The minimum Gasteiger partial charge on any atom is -0.444 e. The summed E-state index contributed by atoms with van der Waals surface area (Å²) in [5.74, 6) is 3.06. The third kappa shape index (κ3) is 18.1. The van der Waals surface area contributed by atoms with Crippen LogP contribution in [-0.4, -0.2) is 47.9 Å². The van der Waals surface area contributed by atoms with E-state index in [0.29, 0.717) is 23.3 Å². The summed E-state index contributed by atoms with van der Waals surface area (Å²) in [6.45, 7) is 32.9. The zero-order valence-electron chi connectivity index (χ0n) is 30.6. The Bertz CT molecular complexity index is 731. The molecule has 3 fully saturated rings. The SMILES string of the molecule is C=CCCC1C(C2CCC2)C(C2CCC2)CN1C(=O)OC(C)(C)C.CC.CC.CC(C)(C)C.CNC(=O)OC(C)(C)C. The fraction of sp³-hybridized carbons (Fsp3) is 0.889. The van der Waals surface area contributed by atoms with Gasteiger partial charge in [-0.2, -0.15) is 0 Å². The van der Waals surface area contributed by atoms with Crippen molar-refractivity contribution in [1.29, 1.82) is 0 Å². The standard InChI is InChI=1S/C21H35NO2.C6H13NO2.C5H12.2C2H6/c1-5-6-13-18-19(16-11-8-12-16)17(15-9-7-10-15)14-22(18)20(23)24-21(2,3)4;1-6(2,3)9-5(8)7-4;1-5(2,3)4;2*1-2/h5,15-19H,1,6-14H2,2-4H3;1-4H3,(H,7,8);1-4H3;2*1-2H3. The Morgan fingerprint density at radius 1 is 0.810 bits per heavy atom. The monoisotopic (exact) mass is 597 g/mol. The van der Waals surface area contributed by atoms with Gasteiger partial charge in [0.1, 0.15) is 11.2 Å². The Balaban J connectivity index is 0. The van der Waals surface area contributed by atoms with Crippen molar-refractivity contribution >= 4 is 12.2 Å². The highest BCUT2D eigenvalue weighted by atomic mass is 16.6. The molecule has 0 aromatic heterocycles. The molecule has 2 amide bonds. The highest BCUT2D eigenvalue weighted by molar-refractivity contribution is 5.69. The first-order valence-corrected chi connectivity index (χ1v) is 16.9. The molecule has 2 saturated carbocycles. The number of hydrogen-bond donors (Lipinski definition) is 1. The summed E-state index contributed by atoms with van der Waals surface area (Å²) in [4.78, 5) is 25.5. The molecule has 3 rings (SSSR count).